The highest BCUT2D eigenvalue weighted by molar-refractivity contribution is 7.12. The Balaban J connectivity index is 2.18. The molecular weight excluding hydrogens is 257 g/mol. The monoisotopic (exact) mass is 270 g/mol. The van der Waals surface area contributed by atoms with Crippen molar-refractivity contribution in [2.45, 2.75) is 26.4 Å². The normalized spacial score (nSPS) is 11.8. The lowest BCUT2D eigenvalue weighted by Crippen LogP contribution is -2.04. The topological polar surface area (TPSA) is 0 Å². The maximum Gasteiger partial charge on any atom is 0.416 e. The third kappa shape index (κ3) is 2.93. The second-order valence-corrected chi connectivity index (χ2v) is 5.77. The fraction of sp³-hybridized carbons (Fsp3) is 0.286. The Morgan fingerprint density at radius 2 is 1.67 bits per heavy atom. The molecule has 2 rings (SSSR count). The van der Waals surface area contributed by atoms with Gasteiger partial charge in [-0.25, -0.2) is 0 Å². The molecule has 0 bridgehead atoms. The van der Waals surface area contributed by atoms with E-state index in [0.717, 1.165) is 17.7 Å². The van der Waals surface area contributed by atoms with Gasteiger partial charge >= 0.3 is 6.18 Å². The number of halogens is 3. The fourth-order valence-corrected chi connectivity index (χ4v) is 2.84. The van der Waals surface area contributed by atoms with Gasteiger partial charge < -0.3 is 0 Å². The zero-order valence-corrected chi connectivity index (χ0v) is 11.0. The molecule has 1 aromatic carbocycles. The van der Waals surface area contributed by atoms with Crippen molar-refractivity contribution in [3.8, 4) is 0 Å². The predicted molar refractivity (Wildman–Crippen MR) is 68.0 cm³/mol. The molecule has 0 fully saturated rings. The summed E-state index contributed by atoms with van der Waals surface area (Å²) in [5, 5.41) is 0. The smallest absolute Gasteiger partial charge is 0.166 e. The lowest BCUT2D eigenvalue weighted by atomic mass is 10.0. The summed E-state index contributed by atoms with van der Waals surface area (Å²) in [5.41, 5.74) is 1.51. The van der Waals surface area contributed by atoms with E-state index in [-0.39, 0.29) is 0 Å². The number of hydrogen-bond acceptors (Lipinski definition) is 1. The quantitative estimate of drug-likeness (QED) is 0.722. The Labute approximate surface area is 108 Å². The molecule has 96 valence electrons. The molecule has 0 saturated carbocycles. The van der Waals surface area contributed by atoms with Crippen LogP contribution in [0, 0.1) is 13.8 Å². The maximum atomic E-state index is 12.4. The lowest BCUT2D eigenvalue weighted by molar-refractivity contribution is -0.137. The minimum atomic E-state index is -4.26. The molecule has 0 aliphatic rings. The summed E-state index contributed by atoms with van der Waals surface area (Å²) < 4.78 is 37.2. The first-order valence-corrected chi connectivity index (χ1v) is 6.40. The lowest BCUT2D eigenvalue weighted by Gasteiger charge is -2.07. The van der Waals surface area contributed by atoms with Gasteiger partial charge in [0.25, 0.3) is 0 Å². The largest absolute Gasteiger partial charge is 0.416 e. The zero-order valence-electron chi connectivity index (χ0n) is 10.1. The number of hydrogen-bond donors (Lipinski definition) is 0. The average molecular weight is 270 g/mol. The van der Waals surface area contributed by atoms with Gasteiger partial charge in [-0.1, -0.05) is 12.1 Å². The van der Waals surface area contributed by atoms with Crippen molar-refractivity contribution in [1.82, 2.24) is 0 Å². The first kappa shape index (κ1) is 13.1. The molecule has 0 saturated heterocycles. The molecule has 1 aromatic heterocycles. The molecule has 18 heavy (non-hydrogen) atoms. The summed E-state index contributed by atoms with van der Waals surface area (Å²) in [6.45, 7) is 4.07. The summed E-state index contributed by atoms with van der Waals surface area (Å²) in [4.78, 5) is 2.46. The Morgan fingerprint density at radius 1 is 1.06 bits per heavy atom. The van der Waals surface area contributed by atoms with Crippen LogP contribution in [0.25, 0.3) is 0 Å². The molecule has 0 spiro atoms. The Bertz CT molecular complexity index is 535. The van der Waals surface area contributed by atoms with E-state index in [1.54, 1.807) is 23.5 Å². The van der Waals surface area contributed by atoms with Crippen LogP contribution < -0.4 is 0 Å². The third-order valence-corrected chi connectivity index (χ3v) is 3.83. The van der Waals surface area contributed by atoms with E-state index < -0.39 is 11.7 Å². The highest BCUT2D eigenvalue weighted by Gasteiger charge is 2.29. The van der Waals surface area contributed by atoms with Gasteiger partial charge in [0, 0.05) is 9.75 Å². The summed E-state index contributed by atoms with van der Waals surface area (Å²) in [7, 11) is 0. The molecule has 0 aliphatic heterocycles. The van der Waals surface area contributed by atoms with E-state index in [1.807, 2.05) is 13.8 Å². The second-order valence-electron chi connectivity index (χ2n) is 4.31. The Hall–Kier alpha value is -1.29. The maximum absolute atomic E-state index is 12.4. The van der Waals surface area contributed by atoms with Crippen molar-refractivity contribution < 1.29 is 13.2 Å². The van der Waals surface area contributed by atoms with E-state index in [4.69, 9.17) is 0 Å². The van der Waals surface area contributed by atoms with Crippen LogP contribution in [0.15, 0.2) is 30.3 Å². The van der Waals surface area contributed by atoms with Gasteiger partial charge in [-0.2, -0.15) is 13.2 Å². The summed E-state index contributed by atoms with van der Waals surface area (Å²) in [5.74, 6) is 0. The van der Waals surface area contributed by atoms with Gasteiger partial charge in [-0.15, -0.1) is 11.3 Å². The Kier molecular flexibility index (Phi) is 3.48. The van der Waals surface area contributed by atoms with Gasteiger partial charge in [0.15, 0.2) is 0 Å². The van der Waals surface area contributed by atoms with Crippen LogP contribution in [0.3, 0.4) is 0 Å². The molecule has 0 aliphatic carbocycles. The standard InChI is InChI=1S/C14H13F3S/c1-9-7-12(10(2)18-9)8-11-3-5-13(6-4-11)14(15,16)17/h3-7H,8H2,1-2H3. The number of aryl methyl sites for hydroxylation is 2. The molecule has 4 heteroatoms. The van der Waals surface area contributed by atoms with Crippen LogP contribution >= 0.6 is 11.3 Å². The number of rotatable bonds is 2. The van der Waals surface area contributed by atoms with Crippen molar-refractivity contribution in [3.63, 3.8) is 0 Å². The van der Waals surface area contributed by atoms with Crippen molar-refractivity contribution in [3.05, 3.63) is 56.8 Å². The number of alkyl halides is 3. The fourth-order valence-electron chi connectivity index (χ4n) is 1.89. The van der Waals surface area contributed by atoms with Crippen LogP contribution in [0.2, 0.25) is 0 Å². The molecule has 0 atom stereocenters. The van der Waals surface area contributed by atoms with Gasteiger partial charge in [0.2, 0.25) is 0 Å². The first-order chi connectivity index (χ1) is 8.36. The minimum absolute atomic E-state index is 0.593. The highest BCUT2D eigenvalue weighted by atomic mass is 32.1. The van der Waals surface area contributed by atoms with E-state index >= 15 is 0 Å². The van der Waals surface area contributed by atoms with Crippen LogP contribution in [0.5, 0.6) is 0 Å². The summed E-state index contributed by atoms with van der Waals surface area (Å²) in [6, 6.07) is 7.48. The van der Waals surface area contributed by atoms with Crippen LogP contribution in [0.4, 0.5) is 13.2 Å². The Morgan fingerprint density at radius 3 is 2.11 bits per heavy atom. The zero-order chi connectivity index (χ0) is 13.3. The third-order valence-electron chi connectivity index (χ3n) is 2.82. The van der Waals surface area contributed by atoms with E-state index in [0.29, 0.717) is 6.42 Å². The molecular formula is C14H13F3S. The summed E-state index contributed by atoms with van der Waals surface area (Å²) in [6.07, 6.45) is -3.57. The predicted octanol–water partition coefficient (Wildman–Crippen LogP) is 4.97. The number of benzene rings is 1. The minimum Gasteiger partial charge on any atom is -0.166 e. The molecule has 2 aromatic rings. The van der Waals surface area contributed by atoms with Crippen molar-refractivity contribution in [2.24, 2.45) is 0 Å². The van der Waals surface area contributed by atoms with Gasteiger partial charge in [0.05, 0.1) is 5.56 Å². The van der Waals surface area contributed by atoms with Crippen LogP contribution in [-0.2, 0) is 12.6 Å². The molecule has 0 radical (unpaired) electrons. The first-order valence-electron chi connectivity index (χ1n) is 5.58. The average Bonchev–Trinajstić information content (AvgIpc) is 2.57. The number of thiophene rings is 1. The SMILES string of the molecule is Cc1cc(Cc2ccc(C(F)(F)F)cc2)c(C)s1. The van der Waals surface area contributed by atoms with Crippen LogP contribution in [0.1, 0.15) is 26.4 Å². The van der Waals surface area contributed by atoms with Crippen molar-refractivity contribution >= 4 is 11.3 Å². The van der Waals surface area contributed by atoms with Gasteiger partial charge in [-0.05, 0) is 49.6 Å². The molecule has 0 N–H and O–H groups in total. The van der Waals surface area contributed by atoms with Gasteiger partial charge in [-0.3, -0.25) is 0 Å². The summed E-state index contributed by atoms with van der Waals surface area (Å²) >= 11 is 1.72. The van der Waals surface area contributed by atoms with Crippen LogP contribution in [-0.4, -0.2) is 0 Å². The molecule has 0 nitrogen and oxygen atoms in total. The molecule has 0 amide bonds. The van der Waals surface area contributed by atoms with Crippen molar-refractivity contribution in [1.29, 1.82) is 0 Å². The van der Waals surface area contributed by atoms with E-state index in [2.05, 4.69) is 6.07 Å². The van der Waals surface area contributed by atoms with Crippen molar-refractivity contribution in [2.75, 3.05) is 0 Å². The molecule has 0 unspecified atom stereocenters. The van der Waals surface area contributed by atoms with Gasteiger partial charge in [0.1, 0.15) is 0 Å². The molecule has 1 heterocycles. The highest BCUT2D eigenvalue weighted by Crippen LogP contribution is 2.30. The second kappa shape index (κ2) is 4.76. The van der Waals surface area contributed by atoms with E-state index in [1.165, 1.54) is 15.3 Å². The van der Waals surface area contributed by atoms with E-state index in [9.17, 15) is 13.2 Å².